The van der Waals surface area contributed by atoms with Gasteiger partial charge in [-0.15, -0.1) is 0 Å². The minimum Gasteiger partial charge on any atom is -0.328 e. The van der Waals surface area contributed by atoms with Crippen LogP contribution in [0.2, 0.25) is 0 Å². The Kier molecular flexibility index (Phi) is 4.22. The summed E-state index contributed by atoms with van der Waals surface area (Å²) in [6.07, 6.45) is 9.78. The van der Waals surface area contributed by atoms with Crippen molar-refractivity contribution in [2.24, 2.45) is 11.7 Å². The van der Waals surface area contributed by atoms with Crippen LogP contribution in [0.1, 0.15) is 44.9 Å². The molecule has 0 aromatic rings. The first-order chi connectivity index (χ1) is 8.83. The molecule has 104 valence electrons. The minimum atomic E-state index is 0.468. The average Bonchev–Trinajstić information content (AvgIpc) is 2.87. The van der Waals surface area contributed by atoms with Crippen molar-refractivity contribution in [3.63, 3.8) is 0 Å². The number of piperidine rings is 2. The van der Waals surface area contributed by atoms with E-state index in [2.05, 4.69) is 9.80 Å². The summed E-state index contributed by atoms with van der Waals surface area (Å²) in [5, 5.41) is 0. The van der Waals surface area contributed by atoms with Gasteiger partial charge in [0.1, 0.15) is 0 Å². The Labute approximate surface area is 112 Å². The molecule has 0 bridgehead atoms. The van der Waals surface area contributed by atoms with E-state index >= 15 is 0 Å². The van der Waals surface area contributed by atoms with Gasteiger partial charge in [0.2, 0.25) is 0 Å². The zero-order chi connectivity index (χ0) is 12.4. The maximum Gasteiger partial charge on any atom is 0.0124 e. The van der Waals surface area contributed by atoms with Crippen LogP contribution in [0, 0.1) is 5.92 Å². The normalized spacial score (nSPS) is 35.8. The monoisotopic (exact) mass is 251 g/mol. The molecule has 0 aromatic carbocycles. The third-order valence-corrected chi connectivity index (χ3v) is 5.44. The number of fused-ring (bicyclic) bond motifs is 1. The van der Waals surface area contributed by atoms with E-state index in [0.29, 0.717) is 6.04 Å². The molecule has 2 atom stereocenters. The van der Waals surface area contributed by atoms with Gasteiger partial charge < -0.3 is 10.6 Å². The zero-order valence-electron chi connectivity index (χ0n) is 11.7. The first-order valence-electron chi connectivity index (χ1n) is 8.05. The molecule has 1 saturated carbocycles. The van der Waals surface area contributed by atoms with E-state index in [9.17, 15) is 0 Å². The summed E-state index contributed by atoms with van der Waals surface area (Å²) < 4.78 is 0. The molecule has 3 nitrogen and oxygen atoms in total. The van der Waals surface area contributed by atoms with Gasteiger partial charge in [-0.05, 0) is 64.1 Å². The van der Waals surface area contributed by atoms with Gasteiger partial charge in [-0.2, -0.15) is 0 Å². The smallest absolute Gasteiger partial charge is 0.0124 e. The van der Waals surface area contributed by atoms with Gasteiger partial charge in [0.25, 0.3) is 0 Å². The highest BCUT2D eigenvalue weighted by molar-refractivity contribution is 4.89. The van der Waals surface area contributed by atoms with Crippen LogP contribution in [0.3, 0.4) is 0 Å². The second-order valence-electron chi connectivity index (χ2n) is 6.62. The molecule has 2 N–H and O–H groups in total. The maximum absolute atomic E-state index is 5.97. The Balaban J connectivity index is 1.44. The number of hydrogen-bond donors (Lipinski definition) is 1. The van der Waals surface area contributed by atoms with Gasteiger partial charge in [-0.1, -0.05) is 6.42 Å². The molecule has 1 aliphatic carbocycles. The Morgan fingerprint density at radius 2 is 1.61 bits per heavy atom. The predicted octanol–water partition coefficient (Wildman–Crippen LogP) is 1.67. The fourth-order valence-corrected chi connectivity index (χ4v) is 4.28. The van der Waals surface area contributed by atoms with Crippen molar-refractivity contribution in [3.8, 4) is 0 Å². The molecule has 2 saturated heterocycles. The fraction of sp³-hybridized carbons (Fsp3) is 1.00. The second kappa shape index (κ2) is 5.89. The van der Waals surface area contributed by atoms with Crippen LogP contribution in [0.4, 0.5) is 0 Å². The largest absolute Gasteiger partial charge is 0.328 e. The lowest BCUT2D eigenvalue weighted by molar-refractivity contribution is 0.0916. The Hall–Kier alpha value is -0.120. The van der Waals surface area contributed by atoms with E-state index in [-0.39, 0.29) is 0 Å². The van der Waals surface area contributed by atoms with Crippen molar-refractivity contribution in [1.82, 2.24) is 9.80 Å². The number of nitrogens with zero attached hydrogens (tertiary/aromatic N) is 2. The van der Waals surface area contributed by atoms with Crippen LogP contribution < -0.4 is 5.73 Å². The van der Waals surface area contributed by atoms with Gasteiger partial charge in [0.05, 0.1) is 0 Å². The fourth-order valence-electron chi connectivity index (χ4n) is 4.28. The van der Waals surface area contributed by atoms with Crippen LogP contribution in [0.5, 0.6) is 0 Å². The van der Waals surface area contributed by atoms with E-state index < -0.39 is 0 Å². The van der Waals surface area contributed by atoms with Crippen LogP contribution >= 0.6 is 0 Å². The van der Waals surface area contributed by atoms with Crippen molar-refractivity contribution in [1.29, 1.82) is 0 Å². The molecular weight excluding hydrogens is 222 g/mol. The van der Waals surface area contributed by atoms with Crippen molar-refractivity contribution in [2.75, 3.05) is 32.7 Å². The topological polar surface area (TPSA) is 32.5 Å². The summed E-state index contributed by atoms with van der Waals surface area (Å²) in [7, 11) is 0. The minimum absolute atomic E-state index is 0.468. The summed E-state index contributed by atoms with van der Waals surface area (Å²) in [5.74, 6) is 1.04. The number of likely N-dealkylation sites (tertiary alicyclic amines) is 2. The third kappa shape index (κ3) is 2.89. The first-order valence-corrected chi connectivity index (χ1v) is 8.05. The molecule has 2 unspecified atom stereocenters. The Bertz CT molecular complexity index is 260. The molecule has 3 aliphatic rings. The lowest BCUT2D eigenvalue weighted by atomic mass is 9.92. The van der Waals surface area contributed by atoms with E-state index in [0.717, 1.165) is 12.0 Å². The number of rotatable bonds is 3. The SMILES string of the molecule is NC1CCN(CCN2CCCC3CCCC32)CC1. The summed E-state index contributed by atoms with van der Waals surface area (Å²) >= 11 is 0. The van der Waals surface area contributed by atoms with E-state index in [1.54, 1.807) is 0 Å². The van der Waals surface area contributed by atoms with Gasteiger partial charge in [-0.3, -0.25) is 4.90 Å². The van der Waals surface area contributed by atoms with Gasteiger partial charge in [0, 0.05) is 25.2 Å². The van der Waals surface area contributed by atoms with Gasteiger partial charge >= 0.3 is 0 Å². The highest BCUT2D eigenvalue weighted by atomic mass is 15.2. The van der Waals surface area contributed by atoms with Crippen molar-refractivity contribution < 1.29 is 0 Å². The molecule has 0 aromatic heterocycles. The van der Waals surface area contributed by atoms with Crippen LogP contribution in [-0.4, -0.2) is 54.6 Å². The van der Waals surface area contributed by atoms with Crippen molar-refractivity contribution in [3.05, 3.63) is 0 Å². The lowest BCUT2D eigenvalue weighted by Crippen LogP contribution is -2.48. The summed E-state index contributed by atoms with van der Waals surface area (Å²) in [6.45, 7) is 6.38. The second-order valence-corrected chi connectivity index (χ2v) is 6.62. The molecule has 18 heavy (non-hydrogen) atoms. The molecule has 3 fully saturated rings. The number of nitrogens with two attached hydrogens (primary N) is 1. The molecular formula is C15H29N3. The zero-order valence-corrected chi connectivity index (χ0v) is 11.7. The molecule has 0 spiro atoms. The van der Waals surface area contributed by atoms with E-state index in [1.807, 2.05) is 0 Å². The highest BCUT2D eigenvalue weighted by Crippen LogP contribution is 2.36. The molecule has 2 aliphatic heterocycles. The van der Waals surface area contributed by atoms with Gasteiger partial charge in [0.15, 0.2) is 0 Å². The molecule has 3 heteroatoms. The Morgan fingerprint density at radius 1 is 0.833 bits per heavy atom. The predicted molar refractivity (Wildman–Crippen MR) is 75.6 cm³/mol. The van der Waals surface area contributed by atoms with E-state index in [1.165, 1.54) is 77.7 Å². The molecule has 0 amide bonds. The van der Waals surface area contributed by atoms with Gasteiger partial charge in [-0.25, -0.2) is 0 Å². The third-order valence-electron chi connectivity index (χ3n) is 5.44. The van der Waals surface area contributed by atoms with E-state index in [4.69, 9.17) is 5.73 Å². The number of hydrogen-bond acceptors (Lipinski definition) is 3. The summed E-state index contributed by atoms with van der Waals surface area (Å²) in [4.78, 5) is 5.43. The Morgan fingerprint density at radius 3 is 2.44 bits per heavy atom. The van der Waals surface area contributed by atoms with Crippen LogP contribution in [0.15, 0.2) is 0 Å². The van der Waals surface area contributed by atoms with Crippen LogP contribution in [0.25, 0.3) is 0 Å². The standard InChI is InChI=1S/C15H29N3/c16-14-6-9-17(10-7-14)11-12-18-8-2-4-13-3-1-5-15(13)18/h13-15H,1-12,16H2. The summed E-state index contributed by atoms with van der Waals surface area (Å²) in [5.41, 5.74) is 5.97. The lowest BCUT2D eigenvalue weighted by Gasteiger charge is -2.39. The average molecular weight is 251 g/mol. The maximum atomic E-state index is 5.97. The first kappa shape index (κ1) is 12.9. The quantitative estimate of drug-likeness (QED) is 0.828. The molecule has 3 rings (SSSR count). The molecule has 2 heterocycles. The van der Waals surface area contributed by atoms with Crippen molar-refractivity contribution >= 4 is 0 Å². The van der Waals surface area contributed by atoms with Crippen molar-refractivity contribution in [2.45, 2.75) is 57.0 Å². The highest BCUT2D eigenvalue weighted by Gasteiger charge is 2.34. The summed E-state index contributed by atoms with van der Waals surface area (Å²) in [6, 6.07) is 1.40. The molecule has 0 radical (unpaired) electrons. The van der Waals surface area contributed by atoms with Crippen LogP contribution in [-0.2, 0) is 0 Å².